The molecule has 1 amide bonds. The first-order chi connectivity index (χ1) is 11.5. The van der Waals surface area contributed by atoms with Gasteiger partial charge in [0.05, 0.1) is 16.1 Å². The number of hydrogen-bond acceptors (Lipinski definition) is 4. The number of amides is 1. The summed E-state index contributed by atoms with van der Waals surface area (Å²) < 4.78 is 5.23. The van der Waals surface area contributed by atoms with Crippen molar-refractivity contribution in [3.05, 3.63) is 58.3 Å². The number of rotatable bonds is 4. The van der Waals surface area contributed by atoms with Gasteiger partial charge in [-0.2, -0.15) is 0 Å². The third-order valence-electron chi connectivity index (χ3n) is 3.97. The smallest absolute Gasteiger partial charge is 0.268 e. The Balaban J connectivity index is 1.93. The summed E-state index contributed by atoms with van der Waals surface area (Å²) in [6.07, 6.45) is 0. The van der Waals surface area contributed by atoms with Crippen molar-refractivity contribution < 1.29 is 9.32 Å². The predicted octanol–water partition coefficient (Wildman–Crippen LogP) is 5.00. The number of aryl methyl sites for hydroxylation is 3. The van der Waals surface area contributed by atoms with Crippen molar-refractivity contribution >= 4 is 22.9 Å². The highest BCUT2D eigenvalue weighted by atomic mass is 32.1. The minimum absolute atomic E-state index is 0.0195. The Morgan fingerprint density at radius 1 is 1.21 bits per heavy atom. The Kier molecular flexibility index (Phi) is 4.53. The molecule has 0 aliphatic rings. The van der Waals surface area contributed by atoms with Crippen molar-refractivity contribution in [3.63, 3.8) is 0 Å². The maximum Gasteiger partial charge on any atom is 0.268 e. The second kappa shape index (κ2) is 6.61. The first-order valence-electron chi connectivity index (χ1n) is 7.93. The van der Waals surface area contributed by atoms with Crippen molar-refractivity contribution in [1.29, 1.82) is 0 Å². The molecule has 4 nitrogen and oxygen atoms in total. The van der Waals surface area contributed by atoms with Crippen molar-refractivity contribution in [2.24, 2.45) is 0 Å². The Morgan fingerprint density at radius 2 is 2.00 bits per heavy atom. The molecule has 1 aromatic carbocycles. The molecule has 0 bridgehead atoms. The standard InChI is InChI=1S/C19H20N2O2S/c1-5-21(15-8-6-7-12(2)11-15)19(22)17-10-9-16(24-17)18-13(3)20-23-14(18)4/h6-11H,5H2,1-4H3. The van der Waals surface area contributed by atoms with E-state index in [1.165, 1.54) is 11.3 Å². The molecule has 3 rings (SSSR count). The molecule has 3 aromatic rings. The predicted molar refractivity (Wildman–Crippen MR) is 97.8 cm³/mol. The van der Waals surface area contributed by atoms with Crippen LogP contribution < -0.4 is 4.90 Å². The summed E-state index contributed by atoms with van der Waals surface area (Å²) in [4.78, 5) is 16.5. The zero-order valence-corrected chi connectivity index (χ0v) is 15.1. The molecule has 0 saturated carbocycles. The van der Waals surface area contributed by atoms with Gasteiger partial charge in [-0.3, -0.25) is 4.79 Å². The van der Waals surface area contributed by atoms with E-state index in [1.807, 2.05) is 64.1 Å². The number of carbonyl (C=O) groups is 1. The second-order valence-corrected chi connectivity index (χ2v) is 6.84. The Bertz CT molecular complexity index is 860. The number of thiophene rings is 1. The van der Waals surface area contributed by atoms with Crippen molar-refractivity contribution in [3.8, 4) is 10.4 Å². The average Bonchev–Trinajstić information content (AvgIpc) is 3.15. The van der Waals surface area contributed by atoms with Crippen molar-refractivity contribution in [2.45, 2.75) is 27.7 Å². The van der Waals surface area contributed by atoms with Crippen LogP contribution in [0.5, 0.6) is 0 Å². The van der Waals surface area contributed by atoms with Gasteiger partial charge in [-0.05, 0) is 57.5 Å². The minimum atomic E-state index is 0.0195. The summed E-state index contributed by atoms with van der Waals surface area (Å²) in [7, 11) is 0. The van der Waals surface area contributed by atoms with E-state index in [1.54, 1.807) is 4.90 Å². The van der Waals surface area contributed by atoms with Gasteiger partial charge in [0.15, 0.2) is 0 Å². The van der Waals surface area contributed by atoms with Crippen LogP contribution in [0.3, 0.4) is 0 Å². The fourth-order valence-corrected chi connectivity index (χ4v) is 3.89. The third kappa shape index (κ3) is 2.99. The van der Waals surface area contributed by atoms with E-state index in [-0.39, 0.29) is 5.91 Å². The lowest BCUT2D eigenvalue weighted by molar-refractivity contribution is 0.0992. The van der Waals surface area contributed by atoms with Crippen molar-refractivity contribution in [1.82, 2.24) is 5.16 Å². The van der Waals surface area contributed by atoms with E-state index >= 15 is 0 Å². The van der Waals surface area contributed by atoms with Crippen molar-refractivity contribution in [2.75, 3.05) is 11.4 Å². The number of anilines is 1. The molecule has 0 unspecified atom stereocenters. The maximum absolute atomic E-state index is 12.9. The van der Waals surface area contributed by atoms with Crippen LogP contribution in [0.4, 0.5) is 5.69 Å². The van der Waals surface area contributed by atoms with Gasteiger partial charge in [-0.1, -0.05) is 17.3 Å². The Labute approximate surface area is 145 Å². The molecule has 0 spiro atoms. The average molecular weight is 340 g/mol. The lowest BCUT2D eigenvalue weighted by Crippen LogP contribution is -2.29. The van der Waals surface area contributed by atoms with E-state index in [2.05, 4.69) is 5.16 Å². The molecule has 0 radical (unpaired) electrons. The fraction of sp³-hybridized carbons (Fsp3) is 0.263. The molecule has 24 heavy (non-hydrogen) atoms. The normalized spacial score (nSPS) is 10.8. The Hall–Kier alpha value is -2.40. The van der Waals surface area contributed by atoms with Crippen LogP contribution in [0.1, 0.15) is 33.6 Å². The fourth-order valence-electron chi connectivity index (χ4n) is 2.79. The van der Waals surface area contributed by atoms with Crippen LogP contribution in [-0.2, 0) is 0 Å². The quantitative estimate of drug-likeness (QED) is 0.672. The molecular formula is C19H20N2O2S. The molecule has 0 atom stereocenters. The first kappa shape index (κ1) is 16.5. The molecule has 2 aromatic heterocycles. The van der Waals surface area contributed by atoms with Gasteiger partial charge in [-0.25, -0.2) is 0 Å². The summed E-state index contributed by atoms with van der Waals surface area (Å²) in [5, 5.41) is 3.99. The highest BCUT2D eigenvalue weighted by Crippen LogP contribution is 2.34. The summed E-state index contributed by atoms with van der Waals surface area (Å²) in [5.41, 5.74) is 3.90. The monoisotopic (exact) mass is 340 g/mol. The highest BCUT2D eigenvalue weighted by Gasteiger charge is 2.20. The highest BCUT2D eigenvalue weighted by molar-refractivity contribution is 7.17. The topological polar surface area (TPSA) is 46.3 Å². The van der Waals surface area contributed by atoms with E-state index in [0.717, 1.165) is 33.1 Å². The summed E-state index contributed by atoms with van der Waals surface area (Å²) >= 11 is 1.48. The van der Waals surface area contributed by atoms with Gasteiger partial charge < -0.3 is 9.42 Å². The van der Waals surface area contributed by atoms with Gasteiger partial charge in [0.1, 0.15) is 5.76 Å². The SMILES string of the molecule is CCN(C(=O)c1ccc(-c2c(C)noc2C)s1)c1cccc(C)c1. The summed E-state index contributed by atoms with van der Waals surface area (Å²) in [6.45, 7) is 8.45. The van der Waals surface area contributed by atoms with Crippen LogP contribution in [-0.4, -0.2) is 17.6 Å². The molecule has 0 aliphatic carbocycles. The van der Waals surface area contributed by atoms with E-state index < -0.39 is 0 Å². The molecule has 5 heteroatoms. The number of benzene rings is 1. The zero-order chi connectivity index (χ0) is 17.3. The van der Waals surface area contributed by atoms with Crippen LogP contribution in [0, 0.1) is 20.8 Å². The Morgan fingerprint density at radius 3 is 2.62 bits per heavy atom. The minimum Gasteiger partial charge on any atom is -0.361 e. The number of nitrogens with zero attached hydrogens (tertiary/aromatic N) is 2. The van der Waals surface area contributed by atoms with Gasteiger partial charge in [-0.15, -0.1) is 11.3 Å². The van der Waals surface area contributed by atoms with Gasteiger partial charge >= 0.3 is 0 Å². The number of carbonyl (C=O) groups excluding carboxylic acids is 1. The lowest BCUT2D eigenvalue weighted by atomic mass is 10.1. The lowest BCUT2D eigenvalue weighted by Gasteiger charge is -2.20. The molecule has 0 saturated heterocycles. The number of aromatic nitrogens is 1. The summed E-state index contributed by atoms with van der Waals surface area (Å²) in [6, 6.07) is 11.9. The third-order valence-corrected chi connectivity index (χ3v) is 5.06. The molecule has 2 heterocycles. The van der Waals surface area contributed by atoms with Crippen LogP contribution >= 0.6 is 11.3 Å². The molecule has 0 fully saturated rings. The van der Waals surface area contributed by atoms with Crippen LogP contribution in [0.25, 0.3) is 10.4 Å². The van der Waals surface area contributed by atoms with Crippen LogP contribution in [0.15, 0.2) is 40.9 Å². The largest absolute Gasteiger partial charge is 0.361 e. The number of hydrogen-bond donors (Lipinski definition) is 0. The van der Waals surface area contributed by atoms with Crippen LogP contribution in [0.2, 0.25) is 0 Å². The molecule has 0 aliphatic heterocycles. The van der Waals surface area contributed by atoms with E-state index in [4.69, 9.17) is 4.52 Å². The molecule has 0 N–H and O–H groups in total. The summed E-state index contributed by atoms with van der Waals surface area (Å²) in [5.74, 6) is 0.797. The van der Waals surface area contributed by atoms with E-state index in [9.17, 15) is 4.79 Å². The van der Waals surface area contributed by atoms with Gasteiger partial charge in [0.25, 0.3) is 5.91 Å². The van der Waals surface area contributed by atoms with Gasteiger partial charge in [0, 0.05) is 17.1 Å². The zero-order valence-electron chi connectivity index (χ0n) is 14.3. The van der Waals surface area contributed by atoms with Gasteiger partial charge in [0.2, 0.25) is 0 Å². The van der Waals surface area contributed by atoms with E-state index in [0.29, 0.717) is 11.4 Å². The maximum atomic E-state index is 12.9. The first-order valence-corrected chi connectivity index (χ1v) is 8.74. The molecular weight excluding hydrogens is 320 g/mol. The molecule has 124 valence electrons. The second-order valence-electron chi connectivity index (χ2n) is 5.75.